The number of nitro groups is 1. The molecule has 0 unspecified atom stereocenters. The van der Waals surface area contributed by atoms with Crippen molar-refractivity contribution >= 4 is 0 Å². The van der Waals surface area contributed by atoms with Crippen LogP contribution in [0.3, 0.4) is 0 Å². The van der Waals surface area contributed by atoms with Crippen molar-refractivity contribution in [3.05, 3.63) is 34.5 Å². The van der Waals surface area contributed by atoms with E-state index in [0.29, 0.717) is 0 Å². The summed E-state index contributed by atoms with van der Waals surface area (Å²) in [4.78, 5) is 9.06. The van der Waals surface area contributed by atoms with Crippen LogP contribution in [0, 0.1) is 10.1 Å². The third kappa shape index (κ3) is 4.88. The molecule has 44 valence electrons. The van der Waals surface area contributed by atoms with Crippen molar-refractivity contribution in [3.63, 3.8) is 0 Å². The predicted molar refractivity (Wildman–Crippen MR) is 30.9 cm³/mol. The summed E-state index contributed by atoms with van der Waals surface area (Å²) in [5.41, 5.74) is 0. The number of hydrogen-bond acceptors (Lipinski definition) is 2. The summed E-state index contributed by atoms with van der Waals surface area (Å²) in [6.45, 7) is 1.80. The van der Waals surface area contributed by atoms with E-state index < -0.39 is 4.92 Å². The van der Waals surface area contributed by atoms with E-state index in [9.17, 15) is 10.1 Å². The second-order valence-corrected chi connectivity index (χ2v) is 1.15. The number of nitrogens with zero attached hydrogens (tertiary/aromatic N) is 1. The van der Waals surface area contributed by atoms with Crippen LogP contribution >= 0.6 is 0 Å². The lowest BCUT2D eigenvalue weighted by Gasteiger charge is -1.71. The van der Waals surface area contributed by atoms with Crippen LogP contribution < -0.4 is 0 Å². The lowest BCUT2D eigenvalue weighted by Crippen LogP contribution is -1.79. The smallest absolute Gasteiger partial charge is 0.234 e. The Morgan fingerprint density at radius 2 is 2.12 bits per heavy atom. The number of rotatable bonds is 2. The van der Waals surface area contributed by atoms with E-state index in [4.69, 9.17) is 0 Å². The van der Waals surface area contributed by atoms with Crippen LogP contribution in [-0.2, 0) is 0 Å². The van der Waals surface area contributed by atoms with Crippen LogP contribution in [0.1, 0.15) is 6.92 Å². The van der Waals surface area contributed by atoms with Gasteiger partial charge >= 0.3 is 0 Å². The average molecular weight is 113 g/mol. The summed E-state index contributed by atoms with van der Waals surface area (Å²) in [7, 11) is 0. The molecule has 0 aliphatic carbocycles. The van der Waals surface area contributed by atoms with E-state index in [1.54, 1.807) is 19.1 Å². The first-order valence-electron chi connectivity index (χ1n) is 2.20. The molecule has 0 fully saturated rings. The normalized spacial score (nSPS) is 11.1. The second-order valence-electron chi connectivity index (χ2n) is 1.15. The van der Waals surface area contributed by atoms with E-state index in [1.165, 1.54) is 6.08 Å². The van der Waals surface area contributed by atoms with Gasteiger partial charge in [0.1, 0.15) is 0 Å². The Kier molecular flexibility index (Phi) is 3.48. The van der Waals surface area contributed by atoms with Gasteiger partial charge in [0.05, 0.1) is 4.92 Å². The first-order valence-corrected chi connectivity index (χ1v) is 2.20. The van der Waals surface area contributed by atoms with Gasteiger partial charge in [-0.25, -0.2) is 0 Å². The van der Waals surface area contributed by atoms with Crippen molar-refractivity contribution < 1.29 is 4.92 Å². The predicted octanol–water partition coefficient (Wildman–Crippen LogP) is 1.35. The largest absolute Gasteiger partial charge is 0.259 e. The molecule has 3 nitrogen and oxygen atoms in total. The van der Waals surface area contributed by atoms with Crippen molar-refractivity contribution in [3.8, 4) is 0 Å². The molecule has 0 aliphatic heterocycles. The quantitative estimate of drug-likeness (QED) is 0.308. The molecular weight excluding hydrogens is 106 g/mol. The Balaban J connectivity index is 3.50. The topological polar surface area (TPSA) is 43.1 Å². The monoisotopic (exact) mass is 113 g/mol. The Morgan fingerprint density at radius 3 is 2.50 bits per heavy atom. The standard InChI is InChI=1S/C5H7NO2/c1-2-3-4-5-6(7)8/h2-5H,1H3/b3-2+,5-4+. The van der Waals surface area contributed by atoms with Crippen LogP contribution in [0.4, 0.5) is 0 Å². The zero-order valence-electron chi connectivity index (χ0n) is 4.57. The zero-order valence-corrected chi connectivity index (χ0v) is 4.57. The van der Waals surface area contributed by atoms with Crippen molar-refractivity contribution in [2.45, 2.75) is 6.92 Å². The molecule has 0 rings (SSSR count). The summed E-state index contributed by atoms with van der Waals surface area (Å²) in [5.74, 6) is 0. The van der Waals surface area contributed by atoms with Gasteiger partial charge in [0, 0.05) is 6.08 Å². The van der Waals surface area contributed by atoms with E-state index in [0.717, 1.165) is 6.20 Å². The molecule has 8 heavy (non-hydrogen) atoms. The first kappa shape index (κ1) is 6.88. The maximum atomic E-state index is 9.56. The molecule has 0 aliphatic rings. The molecule has 0 amide bonds. The van der Waals surface area contributed by atoms with E-state index in [1.807, 2.05) is 0 Å². The van der Waals surface area contributed by atoms with Crippen molar-refractivity contribution in [1.82, 2.24) is 0 Å². The summed E-state index contributed by atoms with van der Waals surface area (Å²) >= 11 is 0. The second kappa shape index (κ2) is 4.05. The maximum absolute atomic E-state index is 9.56. The molecule has 0 N–H and O–H groups in total. The van der Waals surface area contributed by atoms with Gasteiger partial charge in [-0.3, -0.25) is 10.1 Å². The third-order valence-corrected chi connectivity index (χ3v) is 0.511. The number of hydrogen-bond donors (Lipinski definition) is 0. The lowest BCUT2D eigenvalue weighted by molar-refractivity contribution is -0.402. The molecule has 0 aromatic heterocycles. The fraction of sp³-hybridized carbons (Fsp3) is 0.200. The van der Waals surface area contributed by atoms with Gasteiger partial charge in [-0.05, 0) is 6.92 Å². The summed E-state index contributed by atoms with van der Waals surface area (Å²) in [6.07, 6.45) is 5.59. The van der Waals surface area contributed by atoms with E-state index in [2.05, 4.69) is 0 Å². The SMILES string of the molecule is C/C=C/C=C/[N+](=O)[O-]. The third-order valence-electron chi connectivity index (χ3n) is 0.511. The molecule has 0 spiro atoms. The minimum absolute atomic E-state index is 0.500. The maximum Gasteiger partial charge on any atom is 0.234 e. The van der Waals surface area contributed by atoms with Gasteiger partial charge in [-0.15, -0.1) is 0 Å². The van der Waals surface area contributed by atoms with Crippen LogP contribution in [0.5, 0.6) is 0 Å². The summed E-state index contributed by atoms with van der Waals surface area (Å²) in [5, 5.41) is 9.56. The molecule has 0 heterocycles. The van der Waals surface area contributed by atoms with Gasteiger partial charge in [0.15, 0.2) is 0 Å². The Bertz CT molecular complexity index is 126. The molecular formula is C5H7NO2. The minimum atomic E-state index is -0.500. The fourth-order valence-corrected chi connectivity index (χ4v) is 0.231. The van der Waals surface area contributed by atoms with Gasteiger partial charge in [-0.2, -0.15) is 0 Å². The van der Waals surface area contributed by atoms with Crippen molar-refractivity contribution in [2.24, 2.45) is 0 Å². The molecule has 0 saturated heterocycles. The minimum Gasteiger partial charge on any atom is -0.259 e. The fourth-order valence-electron chi connectivity index (χ4n) is 0.231. The molecule has 0 saturated carbocycles. The molecule has 0 aromatic carbocycles. The molecule has 0 radical (unpaired) electrons. The molecule has 0 bridgehead atoms. The highest BCUT2D eigenvalue weighted by atomic mass is 16.6. The lowest BCUT2D eigenvalue weighted by atomic mass is 10.5. The molecule has 0 atom stereocenters. The highest BCUT2D eigenvalue weighted by Crippen LogP contribution is 1.75. The van der Waals surface area contributed by atoms with E-state index in [-0.39, 0.29) is 0 Å². The Morgan fingerprint density at radius 1 is 1.50 bits per heavy atom. The Hall–Kier alpha value is -1.12. The zero-order chi connectivity index (χ0) is 6.41. The van der Waals surface area contributed by atoms with Crippen molar-refractivity contribution in [2.75, 3.05) is 0 Å². The first-order chi connectivity index (χ1) is 3.77. The molecule has 0 aromatic rings. The summed E-state index contributed by atoms with van der Waals surface area (Å²) in [6, 6.07) is 0. The highest BCUT2D eigenvalue weighted by molar-refractivity contribution is 4.97. The molecule has 3 heteroatoms. The van der Waals surface area contributed by atoms with Gasteiger partial charge < -0.3 is 0 Å². The van der Waals surface area contributed by atoms with Crippen LogP contribution in [0.2, 0.25) is 0 Å². The summed E-state index contributed by atoms with van der Waals surface area (Å²) < 4.78 is 0. The van der Waals surface area contributed by atoms with Crippen LogP contribution in [0.25, 0.3) is 0 Å². The van der Waals surface area contributed by atoms with Gasteiger partial charge in [0.25, 0.3) is 0 Å². The van der Waals surface area contributed by atoms with Crippen LogP contribution in [-0.4, -0.2) is 4.92 Å². The van der Waals surface area contributed by atoms with Crippen LogP contribution in [0.15, 0.2) is 24.4 Å². The number of allylic oxidation sites excluding steroid dienone is 3. The van der Waals surface area contributed by atoms with Gasteiger partial charge in [0.2, 0.25) is 6.20 Å². The van der Waals surface area contributed by atoms with E-state index >= 15 is 0 Å². The van der Waals surface area contributed by atoms with Crippen molar-refractivity contribution in [1.29, 1.82) is 0 Å². The Labute approximate surface area is 47.5 Å². The average Bonchev–Trinajstić information content (AvgIpc) is 1.66. The highest BCUT2D eigenvalue weighted by Gasteiger charge is 1.76. The van der Waals surface area contributed by atoms with Gasteiger partial charge in [-0.1, -0.05) is 12.2 Å².